The molecule has 1 atom stereocenters. The van der Waals surface area contributed by atoms with E-state index in [0.717, 1.165) is 22.3 Å². The number of carbonyl (C=O) groups is 1. The first-order chi connectivity index (χ1) is 12.6. The van der Waals surface area contributed by atoms with E-state index in [1.165, 1.54) is 0 Å². The molecule has 0 aromatic heterocycles. The lowest BCUT2D eigenvalue weighted by Crippen LogP contribution is -2.31. The second kappa shape index (κ2) is 6.60. The van der Waals surface area contributed by atoms with Crippen LogP contribution >= 0.6 is 0 Å². The highest BCUT2D eigenvalue weighted by Crippen LogP contribution is 2.28. The zero-order chi connectivity index (χ0) is 18.1. The average molecular weight is 341 g/mol. The van der Waals surface area contributed by atoms with Gasteiger partial charge in [-0.3, -0.25) is 10.5 Å². The first-order valence-electron chi connectivity index (χ1n) is 8.78. The monoisotopic (exact) mass is 341 g/mol. The predicted octanol–water partition coefficient (Wildman–Crippen LogP) is 3.85. The summed E-state index contributed by atoms with van der Waals surface area (Å²) in [5.74, 6) is 0.724. The third-order valence-electron chi connectivity index (χ3n) is 4.95. The van der Waals surface area contributed by atoms with E-state index in [2.05, 4.69) is 6.07 Å². The predicted molar refractivity (Wildman–Crippen MR) is 103 cm³/mol. The number of nitrogens with two attached hydrogens (primary N) is 1. The van der Waals surface area contributed by atoms with Crippen LogP contribution in [-0.2, 0) is 6.54 Å². The zero-order valence-corrected chi connectivity index (χ0v) is 14.7. The van der Waals surface area contributed by atoms with E-state index in [1.807, 2.05) is 84.3 Å². The molecule has 26 heavy (non-hydrogen) atoms. The molecule has 1 aliphatic heterocycles. The van der Waals surface area contributed by atoms with Crippen molar-refractivity contribution in [1.29, 1.82) is 0 Å². The summed E-state index contributed by atoms with van der Waals surface area (Å²) in [5, 5.41) is 0. The van der Waals surface area contributed by atoms with Crippen LogP contribution in [0, 0.1) is 6.92 Å². The van der Waals surface area contributed by atoms with E-state index >= 15 is 0 Å². The van der Waals surface area contributed by atoms with Gasteiger partial charge in [-0.2, -0.15) is 0 Å². The molecule has 0 radical (unpaired) electrons. The minimum atomic E-state index is -0.439. The fraction of sp³-hybridized carbons (Fsp3) is 0.130. The smallest absolute Gasteiger partial charge is 0.276 e. The maximum absolute atomic E-state index is 13.4. The van der Waals surface area contributed by atoms with Crippen molar-refractivity contribution in [3.05, 3.63) is 107 Å². The molecule has 0 saturated carbocycles. The lowest BCUT2D eigenvalue weighted by molar-refractivity contribution is -0.568. The maximum Gasteiger partial charge on any atom is 0.276 e. The van der Waals surface area contributed by atoms with E-state index in [9.17, 15) is 4.79 Å². The Morgan fingerprint density at radius 2 is 1.58 bits per heavy atom. The number of ketones is 1. The zero-order valence-electron chi connectivity index (χ0n) is 14.7. The standard InChI is InChI=1S/C23H20N2O/c1-16-11-13-18(14-12-16)22(26)21(17-7-3-2-4-8-17)25-15-19-9-5-6-10-20(19)23(25)24/h2-14,21,24H,15H2,1H3/p+1. The van der Waals surface area contributed by atoms with Crippen LogP contribution in [0.1, 0.15) is 38.7 Å². The Morgan fingerprint density at radius 3 is 2.27 bits per heavy atom. The van der Waals surface area contributed by atoms with Crippen LogP contribution in [0.25, 0.3) is 0 Å². The van der Waals surface area contributed by atoms with Gasteiger partial charge in [-0.05, 0) is 13.0 Å². The average Bonchev–Trinajstić information content (AvgIpc) is 3.00. The number of hydrogen-bond acceptors (Lipinski definition) is 2. The van der Waals surface area contributed by atoms with Crippen molar-refractivity contribution >= 4 is 11.6 Å². The maximum atomic E-state index is 13.4. The molecular formula is C23H21N2O+. The topological polar surface area (TPSA) is 46.1 Å². The number of fused-ring (bicyclic) bond motifs is 1. The van der Waals surface area contributed by atoms with Crippen LogP contribution in [0.4, 0.5) is 0 Å². The molecule has 0 spiro atoms. The summed E-state index contributed by atoms with van der Waals surface area (Å²) in [5.41, 5.74) is 11.4. The van der Waals surface area contributed by atoms with Gasteiger partial charge >= 0.3 is 0 Å². The Kier molecular flexibility index (Phi) is 4.13. The van der Waals surface area contributed by atoms with Gasteiger partial charge in [0.15, 0.2) is 6.04 Å². The van der Waals surface area contributed by atoms with Gasteiger partial charge in [-0.25, -0.2) is 4.58 Å². The van der Waals surface area contributed by atoms with Crippen LogP contribution in [-0.4, -0.2) is 16.2 Å². The van der Waals surface area contributed by atoms with E-state index in [-0.39, 0.29) is 5.78 Å². The Hall–Kier alpha value is -3.20. The lowest BCUT2D eigenvalue weighted by Gasteiger charge is -2.17. The van der Waals surface area contributed by atoms with Crippen molar-refractivity contribution in [1.82, 2.24) is 0 Å². The van der Waals surface area contributed by atoms with Gasteiger partial charge in [0.25, 0.3) is 5.84 Å². The third kappa shape index (κ3) is 2.82. The second-order valence-corrected chi connectivity index (χ2v) is 6.71. The van der Waals surface area contributed by atoms with Crippen LogP contribution in [0.2, 0.25) is 0 Å². The van der Waals surface area contributed by atoms with Gasteiger partial charge in [-0.1, -0.05) is 78.4 Å². The van der Waals surface area contributed by atoms with Gasteiger partial charge in [-0.15, -0.1) is 0 Å². The third-order valence-corrected chi connectivity index (χ3v) is 4.95. The second-order valence-electron chi connectivity index (χ2n) is 6.71. The fourth-order valence-electron chi connectivity index (χ4n) is 3.55. The molecule has 2 N–H and O–H groups in total. The minimum absolute atomic E-state index is 0.0620. The van der Waals surface area contributed by atoms with Gasteiger partial charge in [0, 0.05) is 16.7 Å². The van der Waals surface area contributed by atoms with Crippen LogP contribution in [0.15, 0.2) is 78.9 Å². The van der Waals surface area contributed by atoms with E-state index < -0.39 is 6.04 Å². The summed E-state index contributed by atoms with van der Waals surface area (Å²) in [6.45, 7) is 2.66. The summed E-state index contributed by atoms with van der Waals surface area (Å²) >= 11 is 0. The minimum Gasteiger partial charge on any atom is -0.289 e. The number of aryl methyl sites for hydroxylation is 1. The van der Waals surface area contributed by atoms with Crippen molar-refractivity contribution in [2.45, 2.75) is 19.5 Å². The Balaban J connectivity index is 1.82. The molecule has 0 fully saturated rings. The van der Waals surface area contributed by atoms with E-state index in [0.29, 0.717) is 17.9 Å². The molecule has 1 aliphatic rings. The summed E-state index contributed by atoms with van der Waals surface area (Å²) in [6.07, 6.45) is 0. The first kappa shape index (κ1) is 16.3. The number of benzene rings is 3. The Labute approximate surface area is 153 Å². The molecule has 0 amide bonds. The van der Waals surface area contributed by atoms with E-state index in [1.54, 1.807) is 0 Å². The van der Waals surface area contributed by atoms with Gasteiger partial charge in [0.05, 0.1) is 5.56 Å². The molecule has 1 unspecified atom stereocenters. The number of Topliss-reactive ketones (excluding diaryl/α,β-unsaturated/α-hetero) is 1. The van der Waals surface area contributed by atoms with Gasteiger partial charge in [0.2, 0.25) is 5.78 Å². The van der Waals surface area contributed by atoms with Crippen molar-refractivity contribution in [3.8, 4) is 0 Å². The molecular weight excluding hydrogens is 320 g/mol. The molecule has 128 valence electrons. The highest BCUT2D eigenvalue weighted by Gasteiger charge is 2.35. The van der Waals surface area contributed by atoms with Crippen LogP contribution < -0.4 is 5.73 Å². The molecule has 0 bridgehead atoms. The van der Waals surface area contributed by atoms with Crippen molar-refractivity contribution in [2.24, 2.45) is 5.73 Å². The molecule has 3 nitrogen and oxygen atoms in total. The number of nitrogens with zero attached hydrogens (tertiary/aromatic N) is 1. The first-order valence-corrected chi connectivity index (χ1v) is 8.78. The quantitative estimate of drug-likeness (QED) is 0.579. The highest BCUT2D eigenvalue weighted by atomic mass is 16.1. The molecule has 4 rings (SSSR count). The fourth-order valence-corrected chi connectivity index (χ4v) is 3.55. The summed E-state index contributed by atoms with van der Waals surface area (Å²) in [6, 6.07) is 25.2. The molecule has 1 heterocycles. The normalized spacial score (nSPS) is 14.2. The van der Waals surface area contributed by atoms with Gasteiger partial charge < -0.3 is 0 Å². The SMILES string of the molecule is Cc1ccc(C(=O)C(c2ccccc2)[N+]2=C(N)c3ccccc3C2)cc1. The Bertz CT molecular complexity index is 988. The van der Waals surface area contributed by atoms with Crippen molar-refractivity contribution in [3.63, 3.8) is 0 Å². The van der Waals surface area contributed by atoms with Crippen molar-refractivity contribution < 1.29 is 9.37 Å². The van der Waals surface area contributed by atoms with Gasteiger partial charge in [0.1, 0.15) is 6.54 Å². The molecule has 3 heteroatoms. The molecule has 0 saturated heterocycles. The van der Waals surface area contributed by atoms with E-state index in [4.69, 9.17) is 5.73 Å². The molecule has 0 aliphatic carbocycles. The number of hydrogen-bond donors (Lipinski definition) is 1. The molecule has 3 aromatic carbocycles. The number of rotatable bonds is 4. The lowest BCUT2D eigenvalue weighted by atomic mass is 9.96. The largest absolute Gasteiger partial charge is 0.289 e. The number of carbonyl (C=O) groups excluding carboxylic acids is 1. The molecule has 3 aromatic rings. The summed E-state index contributed by atoms with van der Waals surface area (Å²) in [7, 11) is 0. The van der Waals surface area contributed by atoms with Crippen molar-refractivity contribution in [2.75, 3.05) is 0 Å². The van der Waals surface area contributed by atoms with Crippen LogP contribution in [0.3, 0.4) is 0 Å². The summed E-state index contributed by atoms with van der Waals surface area (Å²) in [4.78, 5) is 13.4. The number of amidine groups is 1. The summed E-state index contributed by atoms with van der Waals surface area (Å²) < 4.78 is 2.02. The Morgan fingerprint density at radius 1 is 0.923 bits per heavy atom. The highest BCUT2D eigenvalue weighted by molar-refractivity contribution is 6.02. The van der Waals surface area contributed by atoms with Crippen LogP contribution in [0.5, 0.6) is 0 Å².